The normalized spacial score (nSPS) is 12.1. The molecule has 7 heteroatoms. The predicted molar refractivity (Wildman–Crippen MR) is 139 cm³/mol. The molecule has 0 aliphatic carbocycles. The molecular formula is C28H33N5O2. The molecule has 0 aliphatic heterocycles. The fourth-order valence-corrected chi connectivity index (χ4v) is 4.62. The van der Waals surface area contributed by atoms with Gasteiger partial charge in [-0.3, -0.25) is 9.36 Å². The average Bonchev–Trinajstić information content (AvgIpc) is 3.24. The maximum Gasteiger partial charge on any atom is 0.349 e. The SMILES string of the molecule is CC[C@H](c1cc2cc(C)nn2c(=O)n1Cc1ccccc1)N(CCCN)C(=O)c1cccc(C)c1. The van der Waals surface area contributed by atoms with Gasteiger partial charge in [-0.2, -0.15) is 9.61 Å². The summed E-state index contributed by atoms with van der Waals surface area (Å²) in [7, 11) is 0. The zero-order chi connectivity index (χ0) is 24.9. The molecule has 4 rings (SSSR count). The van der Waals surface area contributed by atoms with Crippen molar-refractivity contribution in [3.63, 3.8) is 0 Å². The Morgan fingerprint density at radius 2 is 1.83 bits per heavy atom. The number of nitrogens with zero attached hydrogens (tertiary/aromatic N) is 4. The van der Waals surface area contributed by atoms with Gasteiger partial charge in [-0.15, -0.1) is 0 Å². The van der Waals surface area contributed by atoms with Crippen molar-refractivity contribution >= 4 is 11.4 Å². The summed E-state index contributed by atoms with van der Waals surface area (Å²) in [4.78, 5) is 29.3. The Balaban J connectivity index is 1.87. The van der Waals surface area contributed by atoms with Gasteiger partial charge < -0.3 is 10.6 Å². The summed E-state index contributed by atoms with van der Waals surface area (Å²) in [6.07, 6.45) is 1.32. The Bertz CT molecular complexity index is 1370. The molecule has 0 spiro atoms. The summed E-state index contributed by atoms with van der Waals surface area (Å²) in [5.41, 5.74) is 10.6. The highest BCUT2D eigenvalue weighted by molar-refractivity contribution is 5.94. The summed E-state index contributed by atoms with van der Waals surface area (Å²) >= 11 is 0. The quantitative estimate of drug-likeness (QED) is 0.398. The molecule has 2 aromatic carbocycles. The second-order valence-corrected chi connectivity index (χ2v) is 8.98. The summed E-state index contributed by atoms with van der Waals surface area (Å²) in [6, 6.07) is 21.1. The number of rotatable bonds is 9. The minimum atomic E-state index is -0.300. The number of hydrogen-bond donors (Lipinski definition) is 1. The van der Waals surface area contributed by atoms with Crippen molar-refractivity contribution in [3.05, 3.63) is 105 Å². The largest absolute Gasteiger partial charge is 0.349 e. The lowest BCUT2D eigenvalue weighted by atomic mass is 10.0. The maximum atomic E-state index is 13.8. The minimum absolute atomic E-state index is 0.0581. The van der Waals surface area contributed by atoms with Crippen LogP contribution >= 0.6 is 0 Å². The highest BCUT2D eigenvalue weighted by Gasteiger charge is 2.28. The molecule has 182 valence electrons. The van der Waals surface area contributed by atoms with Gasteiger partial charge in [-0.05, 0) is 63.1 Å². The summed E-state index contributed by atoms with van der Waals surface area (Å²) in [6.45, 7) is 7.28. The number of hydrogen-bond acceptors (Lipinski definition) is 4. The van der Waals surface area contributed by atoms with Crippen molar-refractivity contribution in [1.82, 2.24) is 19.1 Å². The van der Waals surface area contributed by atoms with Gasteiger partial charge in [-0.25, -0.2) is 4.79 Å². The third-order valence-electron chi connectivity index (χ3n) is 6.30. The predicted octanol–water partition coefficient (Wildman–Crippen LogP) is 4.10. The lowest BCUT2D eigenvalue weighted by Crippen LogP contribution is -2.40. The fraction of sp³-hybridized carbons (Fsp3) is 0.321. The first kappa shape index (κ1) is 24.4. The van der Waals surface area contributed by atoms with Crippen LogP contribution in [0.1, 0.15) is 58.7 Å². The second-order valence-electron chi connectivity index (χ2n) is 8.98. The number of nitrogens with two attached hydrogens (primary N) is 1. The Morgan fingerprint density at radius 1 is 1.06 bits per heavy atom. The Hall–Kier alpha value is -3.71. The lowest BCUT2D eigenvalue weighted by molar-refractivity contribution is 0.0660. The number of fused-ring (bicyclic) bond motifs is 1. The molecule has 1 amide bonds. The Kier molecular flexibility index (Phi) is 7.46. The van der Waals surface area contributed by atoms with Gasteiger partial charge >= 0.3 is 5.69 Å². The van der Waals surface area contributed by atoms with Crippen molar-refractivity contribution in [2.75, 3.05) is 13.1 Å². The van der Waals surface area contributed by atoms with Crippen LogP contribution in [-0.2, 0) is 6.54 Å². The molecule has 0 saturated heterocycles. The van der Waals surface area contributed by atoms with E-state index in [1.807, 2.05) is 92.4 Å². The van der Waals surface area contributed by atoms with Gasteiger partial charge in [0.2, 0.25) is 0 Å². The number of carbonyl (C=O) groups excluding carboxylic acids is 1. The van der Waals surface area contributed by atoms with Gasteiger partial charge in [0.15, 0.2) is 0 Å². The highest BCUT2D eigenvalue weighted by atomic mass is 16.2. The van der Waals surface area contributed by atoms with Crippen LogP contribution in [-0.4, -0.2) is 38.1 Å². The standard InChI is InChI=1S/C28H33N5O2/c1-4-25(31(15-9-14-29)27(34)23-13-8-10-20(2)16-23)26-18-24-17-21(3)30-33(24)28(35)32(26)19-22-11-6-5-7-12-22/h5-8,10-13,16-18,25H,4,9,14-15,19,29H2,1-3H3/t25-/m1/s1. The van der Waals surface area contributed by atoms with Gasteiger partial charge in [0, 0.05) is 17.8 Å². The summed E-state index contributed by atoms with van der Waals surface area (Å²) < 4.78 is 3.20. The van der Waals surface area contributed by atoms with Crippen molar-refractivity contribution in [3.8, 4) is 0 Å². The van der Waals surface area contributed by atoms with Gasteiger partial charge in [-0.1, -0.05) is 55.0 Å². The lowest BCUT2D eigenvalue weighted by Gasteiger charge is -2.33. The number of aromatic nitrogens is 3. The molecule has 0 aliphatic rings. The Morgan fingerprint density at radius 3 is 2.51 bits per heavy atom. The van der Waals surface area contributed by atoms with E-state index in [4.69, 9.17) is 5.73 Å². The molecule has 0 saturated carbocycles. The molecule has 0 bridgehead atoms. The van der Waals surface area contributed by atoms with Crippen molar-refractivity contribution in [2.45, 2.75) is 46.2 Å². The van der Waals surface area contributed by atoms with Crippen LogP contribution in [0.4, 0.5) is 0 Å². The molecule has 35 heavy (non-hydrogen) atoms. The van der Waals surface area contributed by atoms with Crippen LogP contribution < -0.4 is 11.4 Å². The van der Waals surface area contributed by atoms with E-state index in [0.29, 0.717) is 38.0 Å². The van der Waals surface area contributed by atoms with E-state index >= 15 is 0 Å². The number of aryl methyl sites for hydroxylation is 2. The fourth-order valence-electron chi connectivity index (χ4n) is 4.62. The molecule has 0 radical (unpaired) electrons. The molecule has 2 heterocycles. The third kappa shape index (κ3) is 5.20. The van der Waals surface area contributed by atoms with Crippen LogP contribution in [0.2, 0.25) is 0 Å². The van der Waals surface area contributed by atoms with Crippen molar-refractivity contribution in [2.24, 2.45) is 5.73 Å². The first-order chi connectivity index (χ1) is 16.9. The van der Waals surface area contributed by atoms with Crippen LogP contribution in [0, 0.1) is 13.8 Å². The van der Waals surface area contributed by atoms with E-state index in [2.05, 4.69) is 5.10 Å². The zero-order valence-corrected chi connectivity index (χ0v) is 20.6. The van der Waals surface area contributed by atoms with Crippen LogP contribution in [0.3, 0.4) is 0 Å². The van der Waals surface area contributed by atoms with Gasteiger partial charge in [0.05, 0.1) is 23.8 Å². The topological polar surface area (TPSA) is 85.6 Å². The van der Waals surface area contributed by atoms with E-state index in [1.165, 1.54) is 4.52 Å². The first-order valence-electron chi connectivity index (χ1n) is 12.1. The highest BCUT2D eigenvalue weighted by Crippen LogP contribution is 2.28. The van der Waals surface area contributed by atoms with Gasteiger partial charge in [0.25, 0.3) is 5.91 Å². The smallest absolute Gasteiger partial charge is 0.330 e. The van der Waals surface area contributed by atoms with E-state index < -0.39 is 0 Å². The molecule has 0 unspecified atom stereocenters. The molecule has 2 aromatic heterocycles. The molecule has 2 N–H and O–H groups in total. The molecule has 0 fully saturated rings. The average molecular weight is 472 g/mol. The van der Waals surface area contributed by atoms with Crippen LogP contribution in [0.5, 0.6) is 0 Å². The number of carbonyl (C=O) groups is 1. The Labute approximate surface area is 205 Å². The third-order valence-corrected chi connectivity index (χ3v) is 6.30. The molecule has 4 aromatic rings. The van der Waals surface area contributed by atoms with Gasteiger partial charge in [0.1, 0.15) is 0 Å². The van der Waals surface area contributed by atoms with Crippen molar-refractivity contribution < 1.29 is 4.79 Å². The number of benzene rings is 2. The molecule has 7 nitrogen and oxygen atoms in total. The van der Waals surface area contributed by atoms with E-state index in [9.17, 15) is 9.59 Å². The summed E-state index contributed by atoms with van der Waals surface area (Å²) in [5.74, 6) is -0.0581. The minimum Gasteiger partial charge on any atom is -0.330 e. The van der Waals surface area contributed by atoms with Crippen LogP contribution in [0.25, 0.3) is 5.52 Å². The number of amides is 1. The van der Waals surface area contributed by atoms with Crippen molar-refractivity contribution in [1.29, 1.82) is 0 Å². The van der Waals surface area contributed by atoms with E-state index in [1.54, 1.807) is 4.57 Å². The molecule has 1 atom stereocenters. The van der Waals surface area contributed by atoms with Crippen LogP contribution in [0.15, 0.2) is 71.5 Å². The monoisotopic (exact) mass is 471 g/mol. The maximum absolute atomic E-state index is 13.8. The first-order valence-corrected chi connectivity index (χ1v) is 12.1. The zero-order valence-electron chi connectivity index (χ0n) is 20.6. The van der Waals surface area contributed by atoms with E-state index in [-0.39, 0.29) is 17.6 Å². The second kappa shape index (κ2) is 10.7. The summed E-state index contributed by atoms with van der Waals surface area (Å²) in [5, 5.41) is 4.41. The van der Waals surface area contributed by atoms with E-state index in [0.717, 1.165) is 28.0 Å². The molecular weight excluding hydrogens is 438 g/mol.